The first-order valence-electron chi connectivity index (χ1n) is 13.4. The van der Waals surface area contributed by atoms with Crippen molar-refractivity contribution in [1.29, 1.82) is 0 Å². The molecule has 1 heterocycles. The number of Topliss-reactive ketones (excluding diaryl/α,β-unsaturated/α-hetero) is 1. The molecule has 0 radical (unpaired) electrons. The van der Waals surface area contributed by atoms with Gasteiger partial charge in [-0.25, -0.2) is 0 Å². The van der Waals surface area contributed by atoms with E-state index in [0.717, 1.165) is 45.3 Å². The normalized spacial score (nSPS) is 16.9. The Hall–Kier alpha value is -3.52. The van der Waals surface area contributed by atoms with Gasteiger partial charge in [0, 0.05) is 12.1 Å². The fourth-order valence-corrected chi connectivity index (χ4v) is 4.79. The predicted molar refractivity (Wildman–Crippen MR) is 148 cm³/mol. The molecule has 206 valence electrons. The lowest BCUT2D eigenvalue weighted by atomic mass is 9.95. The molecule has 1 fully saturated rings. The Labute approximate surface area is 225 Å². The number of ether oxygens (including phenoxy) is 2. The van der Waals surface area contributed by atoms with Crippen LogP contribution in [0.2, 0.25) is 0 Å². The van der Waals surface area contributed by atoms with E-state index in [4.69, 9.17) is 9.47 Å². The summed E-state index contributed by atoms with van der Waals surface area (Å²) in [6.07, 6.45) is 5.15. The second-order valence-corrected chi connectivity index (χ2v) is 9.55. The molecule has 0 spiro atoms. The number of aliphatic hydroxyl groups is 1. The number of likely N-dealkylation sites (tertiary alicyclic amines) is 1. The molecule has 2 aromatic rings. The summed E-state index contributed by atoms with van der Waals surface area (Å²) in [7, 11) is 2.98. The number of unbranched alkanes of at least 4 members (excludes halogenated alkanes) is 2. The summed E-state index contributed by atoms with van der Waals surface area (Å²) in [4.78, 5) is 30.6. The summed E-state index contributed by atoms with van der Waals surface area (Å²) < 4.78 is 10.5. The number of carbonyl (C=O) groups is 2. The number of rotatable bonds is 14. The SMILES string of the molecule is CCCCN(CCCC)CCCN1C(=O)C(=O)/C(=C(/O)c2ccc(OC)cc2)C1c1ccc(O)c(OC)c1. The smallest absolute Gasteiger partial charge is 0.295 e. The fourth-order valence-electron chi connectivity index (χ4n) is 4.79. The summed E-state index contributed by atoms with van der Waals surface area (Å²) in [5.41, 5.74) is 0.995. The molecule has 1 amide bonds. The number of phenolic OH excluding ortho intramolecular Hbond substituents is 1. The van der Waals surface area contributed by atoms with Gasteiger partial charge < -0.3 is 29.5 Å². The van der Waals surface area contributed by atoms with Gasteiger partial charge >= 0.3 is 0 Å². The first-order chi connectivity index (χ1) is 18.4. The first kappa shape index (κ1) is 29.0. The maximum absolute atomic E-state index is 13.3. The van der Waals surface area contributed by atoms with Crippen LogP contribution in [0.15, 0.2) is 48.0 Å². The van der Waals surface area contributed by atoms with Crippen molar-refractivity contribution in [3.05, 3.63) is 59.2 Å². The van der Waals surface area contributed by atoms with Crippen LogP contribution in [0.1, 0.15) is 63.1 Å². The van der Waals surface area contributed by atoms with Crippen LogP contribution < -0.4 is 9.47 Å². The van der Waals surface area contributed by atoms with Gasteiger partial charge in [-0.1, -0.05) is 32.8 Å². The number of nitrogens with zero attached hydrogens (tertiary/aromatic N) is 2. The van der Waals surface area contributed by atoms with Crippen molar-refractivity contribution in [3.8, 4) is 17.2 Å². The van der Waals surface area contributed by atoms with Gasteiger partial charge in [-0.2, -0.15) is 0 Å². The van der Waals surface area contributed by atoms with E-state index >= 15 is 0 Å². The molecule has 1 unspecified atom stereocenters. The Kier molecular flexibility index (Phi) is 10.6. The summed E-state index contributed by atoms with van der Waals surface area (Å²) in [5.74, 6) is -0.848. The van der Waals surface area contributed by atoms with Gasteiger partial charge in [-0.3, -0.25) is 9.59 Å². The van der Waals surface area contributed by atoms with E-state index in [1.54, 1.807) is 43.5 Å². The van der Waals surface area contributed by atoms with Gasteiger partial charge in [0.25, 0.3) is 11.7 Å². The first-order valence-corrected chi connectivity index (χ1v) is 13.4. The molecule has 3 rings (SSSR count). The standard InChI is InChI=1S/C30H40N2O6/c1-5-7-16-31(17-8-6-2)18-9-19-32-27(22-12-15-24(33)25(20-22)38-4)26(29(35)30(32)36)28(34)21-10-13-23(37-3)14-11-21/h10-15,20,27,33-34H,5-9,16-19H2,1-4H3/b28-26+. The zero-order valence-electron chi connectivity index (χ0n) is 22.9. The highest BCUT2D eigenvalue weighted by molar-refractivity contribution is 6.46. The number of phenols is 1. The predicted octanol–water partition coefficient (Wildman–Crippen LogP) is 5.12. The van der Waals surface area contributed by atoms with Crippen molar-refractivity contribution in [1.82, 2.24) is 9.80 Å². The highest BCUT2D eigenvalue weighted by atomic mass is 16.5. The number of methoxy groups -OCH3 is 2. The number of aliphatic hydroxyl groups excluding tert-OH is 1. The Bertz CT molecular complexity index is 1120. The molecule has 0 aromatic heterocycles. The van der Waals surface area contributed by atoms with Crippen molar-refractivity contribution in [2.24, 2.45) is 0 Å². The molecule has 2 N–H and O–H groups in total. The molecule has 0 aliphatic carbocycles. The molecule has 1 aliphatic rings. The van der Waals surface area contributed by atoms with Crippen molar-refractivity contribution in [3.63, 3.8) is 0 Å². The largest absolute Gasteiger partial charge is 0.507 e. The Balaban J connectivity index is 1.97. The van der Waals surface area contributed by atoms with E-state index < -0.39 is 17.7 Å². The summed E-state index contributed by atoms with van der Waals surface area (Å²) >= 11 is 0. The summed E-state index contributed by atoms with van der Waals surface area (Å²) in [6, 6.07) is 10.6. The number of hydrogen-bond acceptors (Lipinski definition) is 7. The number of carbonyl (C=O) groups excluding carboxylic acids is 2. The summed E-state index contributed by atoms with van der Waals surface area (Å²) in [6.45, 7) is 7.52. The van der Waals surface area contributed by atoms with Crippen molar-refractivity contribution >= 4 is 17.4 Å². The Morgan fingerprint density at radius 3 is 2.13 bits per heavy atom. The third-order valence-electron chi connectivity index (χ3n) is 6.95. The van der Waals surface area contributed by atoms with E-state index in [1.165, 1.54) is 18.1 Å². The van der Waals surface area contributed by atoms with Gasteiger partial charge in [-0.15, -0.1) is 0 Å². The number of aromatic hydroxyl groups is 1. The average Bonchev–Trinajstić information content (AvgIpc) is 3.19. The van der Waals surface area contributed by atoms with E-state index in [2.05, 4.69) is 18.7 Å². The maximum Gasteiger partial charge on any atom is 0.295 e. The van der Waals surface area contributed by atoms with Crippen LogP contribution in [0.3, 0.4) is 0 Å². The highest BCUT2D eigenvalue weighted by Gasteiger charge is 2.46. The topological polar surface area (TPSA) is 99.5 Å². The van der Waals surface area contributed by atoms with E-state index in [1.807, 2.05) is 0 Å². The average molecular weight is 525 g/mol. The molecule has 8 heteroatoms. The number of amides is 1. The van der Waals surface area contributed by atoms with Crippen LogP contribution in [-0.2, 0) is 9.59 Å². The lowest BCUT2D eigenvalue weighted by Crippen LogP contribution is -2.34. The molecule has 0 bridgehead atoms. The molecule has 1 atom stereocenters. The zero-order chi connectivity index (χ0) is 27.7. The fraction of sp³-hybridized carbons (Fsp3) is 0.467. The lowest BCUT2D eigenvalue weighted by molar-refractivity contribution is -0.140. The van der Waals surface area contributed by atoms with Crippen LogP contribution in [0.4, 0.5) is 0 Å². The second kappa shape index (κ2) is 13.9. The van der Waals surface area contributed by atoms with Gasteiger partial charge in [-0.05, 0) is 80.9 Å². The third-order valence-corrected chi connectivity index (χ3v) is 6.95. The van der Waals surface area contributed by atoms with Gasteiger partial charge in [0.05, 0.1) is 25.8 Å². The van der Waals surface area contributed by atoms with Crippen LogP contribution in [0.5, 0.6) is 17.2 Å². The van der Waals surface area contributed by atoms with Gasteiger partial charge in [0.1, 0.15) is 11.5 Å². The molecular weight excluding hydrogens is 484 g/mol. The number of ketones is 1. The quantitative estimate of drug-likeness (QED) is 0.201. The minimum atomic E-state index is -0.814. The molecule has 1 aliphatic heterocycles. The zero-order valence-corrected chi connectivity index (χ0v) is 22.9. The minimum Gasteiger partial charge on any atom is -0.507 e. The van der Waals surface area contributed by atoms with E-state index in [-0.39, 0.29) is 22.8 Å². The number of benzene rings is 2. The molecule has 2 aromatic carbocycles. The van der Waals surface area contributed by atoms with E-state index in [9.17, 15) is 19.8 Å². The number of hydrogen-bond donors (Lipinski definition) is 2. The summed E-state index contributed by atoms with van der Waals surface area (Å²) in [5, 5.41) is 21.4. The van der Waals surface area contributed by atoms with Gasteiger partial charge in [0.2, 0.25) is 0 Å². The molecule has 1 saturated heterocycles. The van der Waals surface area contributed by atoms with Crippen molar-refractivity contribution < 1.29 is 29.3 Å². The Morgan fingerprint density at radius 2 is 1.55 bits per heavy atom. The van der Waals surface area contributed by atoms with Crippen LogP contribution in [0, 0.1) is 0 Å². The lowest BCUT2D eigenvalue weighted by Gasteiger charge is -2.28. The molecule has 0 saturated carbocycles. The Morgan fingerprint density at radius 1 is 0.921 bits per heavy atom. The third kappa shape index (κ3) is 6.67. The van der Waals surface area contributed by atoms with Crippen LogP contribution in [0.25, 0.3) is 5.76 Å². The molecule has 8 nitrogen and oxygen atoms in total. The van der Waals surface area contributed by atoms with Crippen molar-refractivity contribution in [2.75, 3.05) is 40.4 Å². The van der Waals surface area contributed by atoms with Crippen molar-refractivity contribution in [2.45, 2.75) is 52.0 Å². The molecular formula is C30H40N2O6. The van der Waals surface area contributed by atoms with Gasteiger partial charge in [0.15, 0.2) is 11.5 Å². The van der Waals surface area contributed by atoms with E-state index in [0.29, 0.717) is 29.8 Å². The monoisotopic (exact) mass is 524 g/mol. The minimum absolute atomic E-state index is 0.0155. The second-order valence-electron chi connectivity index (χ2n) is 9.55. The maximum atomic E-state index is 13.3. The van der Waals surface area contributed by atoms with Crippen LogP contribution in [-0.4, -0.2) is 72.1 Å². The highest BCUT2D eigenvalue weighted by Crippen LogP contribution is 2.42. The molecule has 38 heavy (non-hydrogen) atoms. The van der Waals surface area contributed by atoms with Crippen LogP contribution >= 0.6 is 0 Å².